The van der Waals surface area contributed by atoms with Crippen molar-refractivity contribution < 1.29 is 9.59 Å². The highest BCUT2D eigenvalue weighted by molar-refractivity contribution is 5.82. The van der Waals surface area contributed by atoms with E-state index in [1.54, 1.807) is 0 Å². The minimum Gasteiger partial charge on any atom is -0.336 e. The molecule has 2 aliphatic carbocycles. The SMILES string of the molecule is CC(C(=O)N1CC2CCC1CN2C(=O)C(C)C1CC1)C1CC1. The normalized spacial score (nSPS) is 33.7. The predicted molar refractivity (Wildman–Crippen MR) is 84.0 cm³/mol. The lowest BCUT2D eigenvalue weighted by molar-refractivity contribution is -0.157. The van der Waals surface area contributed by atoms with Crippen molar-refractivity contribution >= 4 is 11.8 Å². The number of carbonyl (C=O) groups is 2. The molecule has 2 saturated carbocycles. The van der Waals surface area contributed by atoms with Crippen LogP contribution in [0.1, 0.15) is 52.4 Å². The first-order valence-electron chi connectivity index (χ1n) is 9.17. The molecule has 0 N–H and O–H groups in total. The van der Waals surface area contributed by atoms with Crippen LogP contribution in [-0.4, -0.2) is 46.8 Å². The van der Waals surface area contributed by atoms with Gasteiger partial charge in [0.2, 0.25) is 11.8 Å². The van der Waals surface area contributed by atoms with E-state index in [4.69, 9.17) is 0 Å². The van der Waals surface area contributed by atoms with Gasteiger partial charge in [-0.2, -0.15) is 0 Å². The molecule has 122 valence electrons. The van der Waals surface area contributed by atoms with Gasteiger partial charge in [0, 0.05) is 37.0 Å². The highest BCUT2D eigenvalue weighted by atomic mass is 16.2. The molecule has 5 rings (SSSR count). The Hall–Kier alpha value is -1.06. The first-order chi connectivity index (χ1) is 10.6. The predicted octanol–water partition coefficient (Wildman–Crippen LogP) is 2.28. The van der Waals surface area contributed by atoms with E-state index in [1.165, 1.54) is 25.7 Å². The molecule has 5 aliphatic rings. The molecule has 4 heteroatoms. The zero-order valence-corrected chi connectivity index (χ0v) is 13.8. The largest absolute Gasteiger partial charge is 0.336 e. The molecule has 2 amide bonds. The number of hydrogen-bond acceptors (Lipinski definition) is 2. The molecule has 3 heterocycles. The molecular formula is C18H28N2O2. The summed E-state index contributed by atoms with van der Waals surface area (Å²) >= 11 is 0. The summed E-state index contributed by atoms with van der Waals surface area (Å²) in [6.45, 7) is 5.76. The lowest BCUT2D eigenvalue weighted by Crippen LogP contribution is -2.66. The zero-order chi connectivity index (χ0) is 15.4. The molecule has 0 aromatic rings. The third-order valence-corrected chi connectivity index (χ3v) is 6.53. The van der Waals surface area contributed by atoms with Crippen LogP contribution in [0, 0.1) is 23.7 Å². The third-order valence-electron chi connectivity index (χ3n) is 6.53. The van der Waals surface area contributed by atoms with Crippen molar-refractivity contribution in [3.8, 4) is 0 Å². The van der Waals surface area contributed by atoms with Gasteiger partial charge in [-0.15, -0.1) is 0 Å². The summed E-state index contributed by atoms with van der Waals surface area (Å²) in [4.78, 5) is 29.7. The highest BCUT2D eigenvalue weighted by Gasteiger charge is 2.47. The number of rotatable bonds is 4. The van der Waals surface area contributed by atoms with Gasteiger partial charge in [-0.1, -0.05) is 13.8 Å². The van der Waals surface area contributed by atoms with Gasteiger partial charge in [-0.05, 0) is 50.4 Å². The van der Waals surface area contributed by atoms with Crippen molar-refractivity contribution in [3.63, 3.8) is 0 Å². The van der Waals surface area contributed by atoms with Crippen LogP contribution >= 0.6 is 0 Å². The smallest absolute Gasteiger partial charge is 0.226 e. The van der Waals surface area contributed by atoms with Gasteiger partial charge in [0.05, 0.1) is 0 Å². The van der Waals surface area contributed by atoms with Crippen LogP contribution < -0.4 is 0 Å². The van der Waals surface area contributed by atoms with Gasteiger partial charge in [0.25, 0.3) is 0 Å². The van der Waals surface area contributed by atoms with Gasteiger partial charge in [0.1, 0.15) is 0 Å². The van der Waals surface area contributed by atoms with E-state index in [9.17, 15) is 9.59 Å². The Bertz CT molecular complexity index is 439. The van der Waals surface area contributed by atoms with E-state index in [0.717, 1.165) is 25.9 Å². The average Bonchev–Trinajstić information content (AvgIpc) is 3.42. The van der Waals surface area contributed by atoms with E-state index >= 15 is 0 Å². The molecule has 2 bridgehead atoms. The van der Waals surface area contributed by atoms with Crippen LogP contribution in [0.3, 0.4) is 0 Å². The summed E-state index contributed by atoms with van der Waals surface area (Å²) in [5.41, 5.74) is 0. The molecule has 22 heavy (non-hydrogen) atoms. The Kier molecular flexibility index (Phi) is 3.46. The van der Waals surface area contributed by atoms with Crippen LogP contribution in [0.5, 0.6) is 0 Å². The van der Waals surface area contributed by atoms with Crippen LogP contribution in [0.15, 0.2) is 0 Å². The lowest BCUT2D eigenvalue weighted by Gasteiger charge is -2.52. The maximum absolute atomic E-state index is 12.7. The van der Waals surface area contributed by atoms with Crippen molar-refractivity contribution in [2.45, 2.75) is 64.5 Å². The fraction of sp³-hybridized carbons (Fsp3) is 0.889. The van der Waals surface area contributed by atoms with Gasteiger partial charge in [0.15, 0.2) is 0 Å². The zero-order valence-electron chi connectivity index (χ0n) is 13.8. The van der Waals surface area contributed by atoms with Crippen molar-refractivity contribution in [1.29, 1.82) is 0 Å². The summed E-state index contributed by atoms with van der Waals surface area (Å²) < 4.78 is 0. The molecular weight excluding hydrogens is 276 g/mol. The number of nitrogens with zero attached hydrogens (tertiary/aromatic N) is 2. The summed E-state index contributed by atoms with van der Waals surface area (Å²) in [6.07, 6.45) is 7.04. The summed E-state index contributed by atoms with van der Waals surface area (Å²) in [6, 6.07) is 0.545. The molecule has 3 aliphatic heterocycles. The number of fused-ring (bicyclic) bond motifs is 3. The van der Waals surface area contributed by atoms with Gasteiger partial charge >= 0.3 is 0 Å². The number of piperidine rings is 2. The second-order valence-electron chi connectivity index (χ2n) is 8.12. The van der Waals surface area contributed by atoms with Gasteiger partial charge < -0.3 is 9.80 Å². The standard InChI is InChI=1S/C18H28N2O2/c1-11(13-3-4-13)17(21)19-9-16-8-7-15(19)10-20(16)18(22)12(2)14-5-6-14/h11-16H,3-10H2,1-2H3. The second-order valence-corrected chi connectivity index (χ2v) is 8.12. The van der Waals surface area contributed by atoms with Crippen molar-refractivity contribution in [3.05, 3.63) is 0 Å². The van der Waals surface area contributed by atoms with Crippen LogP contribution in [0.4, 0.5) is 0 Å². The fourth-order valence-corrected chi connectivity index (χ4v) is 4.49. The molecule has 0 spiro atoms. The Morgan fingerprint density at radius 1 is 0.727 bits per heavy atom. The average molecular weight is 304 g/mol. The fourth-order valence-electron chi connectivity index (χ4n) is 4.49. The quantitative estimate of drug-likeness (QED) is 0.799. The molecule has 0 aromatic carbocycles. The van der Waals surface area contributed by atoms with Crippen molar-refractivity contribution in [2.75, 3.05) is 13.1 Å². The Morgan fingerprint density at radius 2 is 1.09 bits per heavy atom. The van der Waals surface area contributed by atoms with Crippen molar-refractivity contribution in [1.82, 2.24) is 9.80 Å². The summed E-state index contributed by atoms with van der Waals surface area (Å²) in [7, 11) is 0. The minimum absolute atomic E-state index is 0.189. The maximum atomic E-state index is 12.7. The lowest BCUT2D eigenvalue weighted by atomic mass is 9.87. The maximum Gasteiger partial charge on any atom is 0.226 e. The first kappa shape index (κ1) is 14.5. The second kappa shape index (κ2) is 5.24. The Labute approximate surface area is 133 Å². The molecule has 0 radical (unpaired) electrons. The number of piperazine rings is 1. The van der Waals surface area contributed by atoms with E-state index in [0.29, 0.717) is 23.7 Å². The van der Waals surface area contributed by atoms with Crippen molar-refractivity contribution in [2.24, 2.45) is 23.7 Å². The molecule has 4 atom stereocenters. The van der Waals surface area contributed by atoms with Crippen LogP contribution in [0.2, 0.25) is 0 Å². The molecule has 4 nitrogen and oxygen atoms in total. The highest BCUT2D eigenvalue weighted by Crippen LogP contribution is 2.41. The van der Waals surface area contributed by atoms with E-state index in [1.807, 2.05) is 0 Å². The van der Waals surface area contributed by atoms with Crippen LogP contribution in [-0.2, 0) is 9.59 Å². The number of carbonyl (C=O) groups excluding carboxylic acids is 2. The van der Waals surface area contributed by atoms with Gasteiger partial charge in [-0.3, -0.25) is 9.59 Å². The number of amides is 2. The van der Waals surface area contributed by atoms with Crippen LogP contribution in [0.25, 0.3) is 0 Å². The molecule has 3 saturated heterocycles. The summed E-state index contributed by atoms with van der Waals surface area (Å²) in [5, 5.41) is 0. The first-order valence-corrected chi connectivity index (χ1v) is 9.17. The summed E-state index contributed by atoms with van der Waals surface area (Å²) in [5.74, 6) is 2.32. The third kappa shape index (κ3) is 2.44. The Balaban J connectivity index is 1.42. The monoisotopic (exact) mass is 304 g/mol. The molecule has 5 fully saturated rings. The van der Waals surface area contributed by atoms with Gasteiger partial charge in [-0.25, -0.2) is 0 Å². The molecule has 4 unspecified atom stereocenters. The number of hydrogen-bond donors (Lipinski definition) is 0. The molecule has 0 aromatic heterocycles. The van der Waals surface area contributed by atoms with E-state index < -0.39 is 0 Å². The van der Waals surface area contributed by atoms with E-state index in [2.05, 4.69) is 23.6 Å². The minimum atomic E-state index is 0.189. The topological polar surface area (TPSA) is 40.6 Å². The van der Waals surface area contributed by atoms with E-state index in [-0.39, 0.29) is 23.9 Å². The Morgan fingerprint density at radius 3 is 1.36 bits per heavy atom.